The molecule has 192 valence electrons. The maximum Gasteiger partial charge on any atom is 0.227 e. The molecule has 3 aromatic heterocycles. The number of benzene rings is 1. The quantitative estimate of drug-likeness (QED) is 0.316. The summed E-state index contributed by atoms with van der Waals surface area (Å²) in [6, 6.07) is 15.1. The van der Waals surface area contributed by atoms with Crippen LogP contribution in [0.4, 0.5) is 11.8 Å². The lowest BCUT2D eigenvalue weighted by molar-refractivity contribution is -0.119. The molecule has 5 rings (SSSR count). The van der Waals surface area contributed by atoms with Crippen LogP contribution in [0, 0.1) is 0 Å². The maximum atomic E-state index is 11.4. The van der Waals surface area contributed by atoms with Gasteiger partial charge in [0.2, 0.25) is 11.9 Å². The number of rotatable bonds is 8. The fourth-order valence-corrected chi connectivity index (χ4v) is 4.85. The fraction of sp³-hybridized carbons (Fsp3) is 0.393. The van der Waals surface area contributed by atoms with Gasteiger partial charge in [-0.3, -0.25) is 9.78 Å². The minimum atomic E-state index is 0.0363. The summed E-state index contributed by atoms with van der Waals surface area (Å²) in [4.78, 5) is 30.1. The van der Waals surface area contributed by atoms with Crippen molar-refractivity contribution in [3.63, 3.8) is 0 Å². The van der Waals surface area contributed by atoms with Gasteiger partial charge in [0, 0.05) is 43.4 Å². The van der Waals surface area contributed by atoms with Crippen LogP contribution in [0.3, 0.4) is 0 Å². The standard InChI is InChI=1S/C28H34N8O/c1-18(2)36-17-31-25-26(30-16-20-7-9-21(10-8-20)24-6-4-5-15-29-24)34-28(35-27(25)36)33-23-13-11-22(12-14-23)32-19(3)37/h4-10,15,17-18,22-23H,11-14,16H2,1-3H3,(H,32,37)(H2,30,33,34,35). The Hall–Kier alpha value is -4.01. The number of fused-ring (bicyclic) bond motifs is 1. The first-order valence-corrected chi connectivity index (χ1v) is 13.0. The lowest BCUT2D eigenvalue weighted by atomic mass is 9.91. The van der Waals surface area contributed by atoms with E-state index in [1.807, 2.05) is 30.7 Å². The van der Waals surface area contributed by atoms with Gasteiger partial charge in [-0.25, -0.2) is 4.98 Å². The third-order valence-corrected chi connectivity index (χ3v) is 6.82. The van der Waals surface area contributed by atoms with E-state index < -0.39 is 0 Å². The third-order valence-electron chi connectivity index (χ3n) is 6.82. The molecule has 9 nitrogen and oxygen atoms in total. The number of aromatic nitrogens is 5. The van der Waals surface area contributed by atoms with Crippen molar-refractivity contribution in [3.8, 4) is 11.3 Å². The topological polar surface area (TPSA) is 110 Å². The van der Waals surface area contributed by atoms with Gasteiger partial charge >= 0.3 is 0 Å². The number of carbonyl (C=O) groups is 1. The zero-order chi connectivity index (χ0) is 25.8. The lowest BCUT2D eigenvalue weighted by Gasteiger charge is -2.29. The van der Waals surface area contributed by atoms with Gasteiger partial charge in [-0.1, -0.05) is 30.3 Å². The van der Waals surface area contributed by atoms with Crippen LogP contribution in [0.2, 0.25) is 0 Å². The highest BCUT2D eigenvalue weighted by atomic mass is 16.1. The van der Waals surface area contributed by atoms with E-state index in [-0.39, 0.29) is 24.0 Å². The molecule has 1 saturated carbocycles. The average Bonchev–Trinajstić information content (AvgIpc) is 3.33. The maximum absolute atomic E-state index is 11.4. The summed E-state index contributed by atoms with van der Waals surface area (Å²) in [6.07, 6.45) is 7.45. The van der Waals surface area contributed by atoms with Crippen molar-refractivity contribution < 1.29 is 4.79 Å². The first-order chi connectivity index (χ1) is 18.0. The van der Waals surface area contributed by atoms with Gasteiger partial charge in [-0.05, 0) is 57.2 Å². The monoisotopic (exact) mass is 498 g/mol. The molecule has 3 heterocycles. The van der Waals surface area contributed by atoms with Crippen LogP contribution in [0.5, 0.6) is 0 Å². The second-order valence-electron chi connectivity index (χ2n) is 9.97. The number of hydrogen-bond donors (Lipinski definition) is 3. The number of hydrogen-bond acceptors (Lipinski definition) is 7. The zero-order valence-corrected chi connectivity index (χ0v) is 21.6. The van der Waals surface area contributed by atoms with Crippen molar-refractivity contribution in [3.05, 3.63) is 60.6 Å². The number of nitrogens with zero attached hydrogens (tertiary/aromatic N) is 5. The van der Waals surface area contributed by atoms with Gasteiger partial charge in [-0.15, -0.1) is 0 Å². The summed E-state index contributed by atoms with van der Waals surface area (Å²) < 4.78 is 2.07. The summed E-state index contributed by atoms with van der Waals surface area (Å²) in [5, 5.41) is 10.1. The van der Waals surface area contributed by atoms with Crippen LogP contribution in [0.15, 0.2) is 55.0 Å². The molecule has 0 atom stereocenters. The third kappa shape index (κ3) is 5.87. The Morgan fingerprint density at radius 1 is 1.00 bits per heavy atom. The molecule has 0 saturated heterocycles. The van der Waals surface area contributed by atoms with E-state index in [1.165, 1.54) is 0 Å². The molecule has 0 bridgehead atoms. The van der Waals surface area contributed by atoms with Gasteiger partial charge < -0.3 is 20.5 Å². The Labute approximate surface area is 217 Å². The van der Waals surface area contributed by atoms with Crippen LogP contribution in [0.25, 0.3) is 22.4 Å². The Bertz CT molecular complexity index is 1340. The number of carbonyl (C=O) groups excluding carboxylic acids is 1. The normalized spacial score (nSPS) is 17.6. The largest absolute Gasteiger partial charge is 0.364 e. The summed E-state index contributed by atoms with van der Waals surface area (Å²) in [7, 11) is 0. The molecule has 0 unspecified atom stereocenters. The van der Waals surface area contributed by atoms with Gasteiger partial charge in [0.15, 0.2) is 17.0 Å². The van der Waals surface area contributed by atoms with Crippen molar-refractivity contribution in [2.75, 3.05) is 10.6 Å². The first-order valence-electron chi connectivity index (χ1n) is 13.0. The summed E-state index contributed by atoms with van der Waals surface area (Å²) >= 11 is 0. The molecule has 1 fully saturated rings. The number of anilines is 2. The molecule has 1 aliphatic rings. The predicted molar refractivity (Wildman–Crippen MR) is 146 cm³/mol. The van der Waals surface area contributed by atoms with E-state index in [4.69, 9.17) is 9.97 Å². The highest BCUT2D eigenvalue weighted by Gasteiger charge is 2.23. The smallest absolute Gasteiger partial charge is 0.227 e. The molecular weight excluding hydrogens is 464 g/mol. The highest BCUT2D eigenvalue weighted by Crippen LogP contribution is 2.27. The molecule has 9 heteroatoms. The van der Waals surface area contributed by atoms with Crippen molar-refractivity contribution in [1.82, 2.24) is 29.8 Å². The molecule has 1 aliphatic carbocycles. The molecule has 3 N–H and O–H groups in total. The number of nitrogens with one attached hydrogen (secondary N) is 3. The van der Waals surface area contributed by atoms with Gasteiger partial charge in [0.1, 0.15) is 0 Å². The van der Waals surface area contributed by atoms with E-state index in [0.717, 1.165) is 53.7 Å². The molecule has 0 aliphatic heterocycles. The molecule has 1 amide bonds. The van der Waals surface area contributed by atoms with Crippen molar-refractivity contribution in [1.29, 1.82) is 0 Å². The van der Waals surface area contributed by atoms with Crippen molar-refractivity contribution >= 4 is 28.8 Å². The first kappa shape index (κ1) is 24.7. The van der Waals surface area contributed by atoms with Crippen molar-refractivity contribution in [2.45, 2.75) is 71.1 Å². The molecule has 37 heavy (non-hydrogen) atoms. The van der Waals surface area contributed by atoms with Gasteiger partial charge in [0.05, 0.1) is 12.0 Å². The van der Waals surface area contributed by atoms with Crippen LogP contribution >= 0.6 is 0 Å². The number of imidazole rings is 1. The van der Waals surface area contributed by atoms with Gasteiger partial charge in [-0.2, -0.15) is 9.97 Å². The molecule has 0 radical (unpaired) electrons. The summed E-state index contributed by atoms with van der Waals surface area (Å²) in [5.41, 5.74) is 4.76. The Kier molecular flexibility index (Phi) is 7.30. The highest BCUT2D eigenvalue weighted by molar-refractivity contribution is 5.84. The van der Waals surface area contributed by atoms with Crippen LogP contribution in [-0.4, -0.2) is 42.5 Å². The second kappa shape index (κ2) is 10.9. The summed E-state index contributed by atoms with van der Waals surface area (Å²) in [5.74, 6) is 1.35. The van der Waals surface area contributed by atoms with Crippen LogP contribution in [-0.2, 0) is 11.3 Å². The number of pyridine rings is 1. The van der Waals surface area contributed by atoms with E-state index in [2.05, 4.69) is 68.6 Å². The van der Waals surface area contributed by atoms with E-state index in [9.17, 15) is 4.79 Å². The summed E-state index contributed by atoms with van der Waals surface area (Å²) in [6.45, 7) is 6.44. The molecular formula is C28H34N8O. The Morgan fingerprint density at radius 3 is 2.43 bits per heavy atom. The van der Waals surface area contributed by atoms with Crippen molar-refractivity contribution in [2.24, 2.45) is 0 Å². The van der Waals surface area contributed by atoms with E-state index in [1.54, 1.807) is 6.92 Å². The fourth-order valence-electron chi connectivity index (χ4n) is 4.85. The van der Waals surface area contributed by atoms with Crippen LogP contribution in [0.1, 0.15) is 58.1 Å². The minimum absolute atomic E-state index is 0.0363. The molecule has 0 spiro atoms. The minimum Gasteiger partial charge on any atom is -0.364 e. The lowest BCUT2D eigenvalue weighted by Crippen LogP contribution is -2.39. The second-order valence-corrected chi connectivity index (χ2v) is 9.97. The zero-order valence-electron chi connectivity index (χ0n) is 21.6. The SMILES string of the molecule is CC(=O)NC1CCC(Nc2nc(NCc3ccc(-c4ccccn4)cc3)c3ncn(C(C)C)c3n2)CC1. The Balaban J connectivity index is 1.32. The van der Waals surface area contributed by atoms with Crippen LogP contribution < -0.4 is 16.0 Å². The molecule has 4 aromatic rings. The average molecular weight is 499 g/mol. The predicted octanol–water partition coefficient (Wildman–Crippen LogP) is 4.94. The number of amides is 1. The molecule has 1 aromatic carbocycles. The Morgan fingerprint density at radius 2 is 1.76 bits per heavy atom. The van der Waals surface area contributed by atoms with E-state index >= 15 is 0 Å². The van der Waals surface area contributed by atoms with E-state index in [0.29, 0.717) is 18.3 Å². The van der Waals surface area contributed by atoms with Gasteiger partial charge in [0.25, 0.3) is 0 Å².